The molecular weight excluding hydrogens is 354 g/mol. The van der Waals surface area contributed by atoms with Crippen LogP contribution in [-0.2, 0) is 14.8 Å². The predicted molar refractivity (Wildman–Crippen MR) is 90.7 cm³/mol. The lowest BCUT2D eigenvalue weighted by molar-refractivity contribution is -0.117. The average molecular weight is 370 g/mol. The van der Waals surface area contributed by atoms with Crippen LogP contribution in [0.2, 0.25) is 5.02 Å². The Morgan fingerprint density at radius 3 is 2.62 bits per heavy atom. The fourth-order valence-corrected chi connectivity index (χ4v) is 3.32. The van der Waals surface area contributed by atoms with Crippen molar-refractivity contribution in [2.75, 3.05) is 12.4 Å². The molecule has 0 saturated carbocycles. The minimum atomic E-state index is -3.86. The number of benzene rings is 1. The monoisotopic (exact) mass is 369 g/mol. The summed E-state index contributed by atoms with van der Waals surface area (Å²) in [6, 6.07) is 7.97. The highest BCUT2D eigenvalue weighted by Gasteiger charge is 2.22. The van der Waals surface area contributed by atoms with Crippen molar-refractivity contribution in [2.45, 2.75) is 17.9 Å². The normalized spacial score (nSPS) is 12.5. The SMILES string of the molecule is COc1ccc(NC(=O)[C@H](C)NS(=O)(=O)c2cccc(Cl)c2)cn1. The molecule has 24 heavy (non-hydrogen) atoms. The van der Waals surface area contributed by atoms with Crippen LogP contribution in [0.1, 0.15) is 6.92 Å². The summed E-state index contributed by atoms with van der Waals surface area (Å²) in [5, 5.41) is 2.86. The van der Waals surface area contributed by atoms with Gasteiger partial charge in [-0.2, -0.15) is 4.72 Å². The van der Waals surface area contributed by atoms with Crippen LogP contribution < -0.4 is 14.8 Å². The van der Waals surface area contributed by atoms with Gasteiger partial charge in [-0.05, 0) is 31.2 Å². The molecule has 0 aliphatic rings. The molecule has 1 atom stereocenters. The second-order valence-electron chi connectivity index (χ2n) is 4.88. The van der Waals surface area contributed by atoms with Gasteiger partial charge in [0.15, 0.2) is 0 Å². The Morgan fingerprint density at radius 1 is 1.29 bits per heavy atom. The van der Waals surface area contributed by atoms with E-state index in [2.05, 4.69) is 15.0 Å². The number of anilines is 1. The number of sulfonamides is 1. The van der Waals surface area contributed by atoms with Crippen LogP contribution >= 0.6 is 11.6 Å². The van der Waals surface area contributed by atoms with Gasteiger partial charge in [0.25, 0.3) is 0 Å². The standard InChI is InChI=1S/C15H16ClN3O4S/c1-10(15(20)18-12-6-7-14(23-2)17-9-12)19-24(21,22)13-5-3-4-11(16)8-13/h3-10,19H,1-2H3,(H,18,20)/t10-/m0/s1. The molecule has 0 radical (unpaired) electrons. The molecule has 1 amide bonds. The van der Waals surface area contributed by atoms with Gasteiger partial charge in [-0.3, -0.25) is 4.79 Å². The number of halogens is 1. The highest BCUT2D eigenvalue weighted by Crippen LogP contribution is 2.16. The number of ether oxygens (including phenoxy) is 1. The molecule has 2 aromatic rings. The summed E-state index contributed by atoms with van der Waals surface area (Å²) in [5.74, 6) is -0.115. The van der Waals surface area contributed by atoms with Crippen LogP contribution in [0.5, 0.6) is 5.88 Å². The quantitative estimate of drug-likeness (QED) is 0.812. The average Bonchev–Trinajstić information content (AvgIpc) is 2.55. The Balaban J connectivity index is 2.04. The van der Waals surface area contributed by atoms with Crippen LogP contribution in [0.4, 0.5) is 5.69 Å². The summed E-state index contributed by atoms with van der Waals surface area (Å²) in [7, 11) is -2.38. The van der Waals surface area contributed by atoms with Crippen LogP contribution in [0, 0.1) is 0 Å². The van der Waals surface area contributed by atoms with Gasteiger partial charge >= 0.3 is 0 Å². The maximum Gasteiger partial charge on any atom is 0.242 e. The van der Waals surface area contributed by atoms with Crippen molar-refractivity contribution < 1.29 is 17.9 Å². The number of aromatic nitrogens is 1. The molecule has 0 unspecified atom stereocenters. The molecule has 1 heterocycles. The van der Waals surface area contributed by atoms with Gasteiger partial charge in [0.05, 0.1) is 29.9 Å². The van der Waals surface area contributed by atoms with Gasteiger partial charge < -0.3 is 10.1 Å². The van der Waals surface area contributed by atoms with Crippen molar-refractivity contribution >= 4 is 33.2 Å². The summed E-state index contributed by atoms with van der Waals surface area (Å²) in [5.41, 5.74) is 0.426. The third-order valence-electron chi connectivity index (χ3n) is 3.04. The first-order chi connectivity index (χ1) is 11.3. The van der Waals surface area contributed by atoms with E-state index in [0.717, 1.165) is 0 Å². The Labute approximate surface area is 145 Å². The second kappa shape index (κ2) is 7.61. The highest BCUT2D eigenvalue weighted by molar-refractivity contribution is 7.89. The third-order valence-corrected chi connectivity index (χ3v) is 4.82. The van der Waals surface area contributed by atoms with Crippen molar-refractivity contribution in [1.29, 1.82) is 0 Å². The number of carbonyl (C=O) groups is 1. The summed E-state index contributed by atoms with van der Waals surface area (Å²) in [4.78, 5) is 16.1. The van der Waals surface area contributed by atoms with Gasteiger partial charge in [0.2, 0.25) is 21.8 Å². The number of carbonyl (C=O) groups excluding carboxylic acids is 1. The number of hydrogen-bond donors (Lipinski definition) is 2. The molecular formula is C15H16ClN3O4S. The number of hydrogen-bond acceptors (Lipinski definition) is 5. The third kappa shape index (κ3) is 4.67. The molecule has 0 bridgehead atoms. The van der Waals surface area contributed by atoms with E-state index in [4.69, 9.17) is 16.3 Å². The van der Waals surface area contributed by atoms with Crippen molar-refractivity contribution in [3.05, 3.63) is 47.6 Å². The molecule has 0 spiro atoms. The number of nitrogens with one attached hydrogen (secondary N) is 2. The molecule has 2 rings (SSSR count). The summed E-state index contributed by atoms with van der Waals surface area (Å²) < 4.78 is 31.7. The summed E-state index contributed by atoms with van der Waals surface area (Å²) in [6.45, 7) is 1.44. The van der Waals surface area contributed by atoms with E-state index in [9.17, 15) is 13.2 Å². The lowest BCUT2D eigenvalue weighted by Crippen LogP contribution is -2.41. The Kier molecular flexibility index (Phi) is 5.76. The number of nitrogens with zero attached hydrogens (tertiary/aromatic N) is 1. The van der Waals surface area contributed by atoms with Gasteiger partial charge in [0.1, 0.15) is 0 Å². The molecule has 0 saturated heterocycles. The topological polar surface area (TPSA) is 97.4 Å². The molecule has 9 heteroatoms. The fourth-order valence-electron chi connectivity index (χ4n) is 1.81. The van der Waals surface area contributed by atoms with Gasteiger partial charge in [-0.25, -0.2) is 13.4 Å². The van der Waals surface area contributed by atoms with Crippen molar-refractivity contribution in [2.24, 2.45) is 0 Å². The zero-order valence-electron chi connectivity index (χ0n) is 13.0. The van der Waals surface area contributed by atoms with Crippen LogP contribution in [0.25, 0.3) is 0 Å². The lowest BCUT2D eigenvalue weighted by Gasteiger charge is -2.14. The van der Waals surface area contributed by atoms with Crippen LogP contribution in [0.3, 0.4) is 0 Å². The van der Waals surface area contributed by atoms with E-state index in [1.54, 1.807) is 18.2 Å². The molecule has 128 valence electrons. The van der Waals surface area contributed by atoms with E-state index >= 15 is 0 Å². The van der Waals surface area contributed by atoms with E-state index < -0.39 is 22.0 Å². The molecule has 0 aliphatic carbocycles. The number of methoxy groups -OCH3 is 1. The lowest BCUT2D eigenvalue weighted by atomic mass is 10.3. The van der Waals surface area contributed by atoms with E-state index in [1.165, 1.54) is 38.4 Å². The highest BCUT2D eigenvalue weighted by atomic mass is 35.5. The first-order valence-corrected chi connectivity index (χ1v) is 8.77. The molecule has 7 nitrogen and oxygen atoms in total. The van der Waals surface area contributed by atoms with Gasteiger partial charge in [0, 0.05) is 11.1 Å². The molecule has 0 aliphatic heterocycles. The Bertz CT molecular complexity index is 825. The van der Waals surface area contributed by atoms with Gasteiger partial charge in [-0.15, -0.1) is 0 Å². The Morgan fingerprint density at radius 2 is 2.04 bits per heavy atom. The zero-order chi connectivity index (χ0) is 17.7. The number of rotatable bonds is 6. The van der Waals surface area contributed by atoms with E-state index in [0.29, 0.717) is 16.6 Å². The predicted octanol–water partition coefficient (Wildman–Crippen LogP) is 2.05. The molecule has 1 aromatic heterocycles. The molecule has 0 fully saturated rings. The van der Waals surface area contributed by atoms with E-state index in [-0.39, 0.29) is 4.90 Å². The minimum absolute atomic E-state index is 0.0132. The maximum atomic E-state index is 12.3. The van der Waals surface area contributed by atoms with Crippen LogP contribution in [0.15, 0.2) is 47.5 Å². The first kappa shape index (κ1) is 18.2. The van der Waals surface area contributed by atoms with Gasteiger partial charge in [-0.1, -0.05) is 17.7 Å². The maximum absolute atomic E-state index is 12.3. The fraction of sp³-hybridized carbons (Fsp3) is 0.200. The minimum Gasteiger partial charge on any atom is -0.481 e. The van der Waals surface area contributed by atoms with Crippen molar-refractivity contribution in [3.63, 3.8) is 0 Å². The number of pyridine rings is 1. The second-order valence-corrected chi connectivity index (χ2v) is 7.03. The number of amides is 1. The first-order valence-electron chi connectivity index (χ1n) is 6.90. The van der Waals surface area contributed by atoms with Crippen molar-refractivity contribution in [3.8, 4) is 5.88 Å². The zero-order valence-corrected chi connectivity index (χ0v) is 14.6. The summed E-state index contributed by atoms with van der Waals surface area (Å²) >= 11 is 5.79. The molecule has 1 aromatic carbocycles. The Hall–Kier alpha value is -2.16. The molecule has 2 N–H and O–H groups in total. The van der Waals surface area contributed by atoms with Crippen LogP contribution in [-0.4, -0.2) is 32.5 Å². The smallest absolute Gasteiger partial charge is 0.242 e. The largest absolute Gasteiger partial charge is 0.481 e. The van der Waals surface area contributed by atoms with E-state index in [1.807, 2.05) is 0 Å². The van der Waals surface area contributed by atoms with Crippen molar-refractivity contribution in [1.82, 2.24) is 9.71 Å². The summed E-state index contributed by atoms with van der Waals surface area (Å²) in [6.07, 6.45) is 1.41.